The Kier molecular flexibility index (Phi) is 11.1. The number of hydrogen-bond donors (Lipinski definition) is 0. The number of rotatable bonds is 11. The fourth-order valence-corrected chi connectivity index (χ4v) is 2.42. The van der Waals surface area contributed by atoms with Crippen LogP contribution in [-0.4, -0.2) is 86.6 Å². The second kappa shape index (κ2) is 11.0. The summed E-state index contributed by atoms with van der Waals surface area (Å²) < 4.78 is 0. The van der Waals surface area contributed by atoms with Crippen molar-refractivity contribution in [2.45, 2.75) is 38.8 Å². The van der Waals surface area contributed by atoms with Crippen molar-refractivity contribution in [1.29, 1.82) is 0 Å². The average Bonchev–Trinajstić information content (AvgIpc) is 2.38. The molecule has 0 heterocycles. The van der Waals surface area contributed by atoms with Crippen molar-refractivity contribution in [2.24, 2.45) is 0 Å². The van der Waals surface area contributed by atoms with E-state index >= 15 is 0 Å². The van der Waals surface area contributed by atoms with Crippen molar-refractivity contribution < 1.29 is 0 Å². The molecule has 2 atom stereocenters. The fourth-order valence-electron chi connectivity index (χ4n) is 1.95. The third kappa shape index (κ3) is 9.72. The molecule has 0 aliphatic rings. The summed E-state index contributed by atoms with van der Waals surface area (Å²) in [5.41, 5.74) is 0. The average molecular weight is 290 g/mol. The highest BCUT2D eigenvalue weighted by Gasteiger charge is 2.13. The molecule has 3 nitrogen and oxygen atoms in total. The van der Waals surface area contributed by atoms with E-state index in [1.807, 2.05) is 11.8 Å². The molecule has 0 saturated carbocycles. The van der Waals surface area contributed by atoms with Crippen molar-refractivity contribution in [3.63, 3.8) is 0 Å². The molecule has 116 valence electrons. The Hall–Kier alpha value is 0.230. The zero-order chi connectivity index (χ0) is 14.8. The predicted molar refractivity (Wildman–Crippen MR) is 90.4 cm³/mol. The summed E-state index contributed by atoms with van der Waals surface area (Å²) in [4.78, 5) is 7.25. The zero-order valence-electron chi connectivity index (χ0n) is 14.1. The molecule has 2 unspecified atom stereocenters. The lowest BCUT2D eigenvalue weighted by molar-refractivity contribution is 0.189. The van der Waals surface area contributed by atoms with E-state index in [0.29, 0.717) is 12.1 Å². The van der Waals surface area contributed by atoms with Crippen LogP contribution in [-0.2, 0) is 0 Å². The van der Waals surface area contributed by atoms with Gasteiger partial charge < -0.3 is 14.7 Å². The molecule has 0 rings (SSSR count). The van der Waals surface area contributed by atoms with Crippen LogP contribution in [0.4, 0.5) is 0 Å². The lowest BCUT2D eigenvalue weighted by Gasteiger charge is -2.30. The summed E-state index contributed by atoms with van der Waals surface area (Å²) in [5.74, 6) is 1.23. The predicted octanol–water partition coefficient (Wildman–Crippen LogP) is 2.33. The van der Waals surface area contributed by atoms with Gasteiger partial charge in [0.25, 0.3) is 0 Å². The molecule has 0 fully saturated rings. The van der Waals surface area contributed by atoms with E-state index in [4.69, 9.17) is 0 Å². The highest BCUT2D eigenvalue weighted by atomic mass is 32.2. The molecule has 19 heavy (non-hydrogen) atoms. The number of hydrogen-bond acceptors (Lipinski definition) is 4. The third-order valence-electron chi connectivity index (χ3n) is 4.05. The minimum atomic E-state index is 0.672. The summed E-state index contributed by atoms with van der Waals surface area (Å²) in [7, 11) is 8.80. The van der Waals surface area contributed by atoms with Crippen molar-refractivity contribution in [3.05, 3.63) is 0 Å². The maximum atomic E-state index is 2.50. The molecule has 0 amide bonds. The van der Waals surface area contributed by atoms with E-state index < -0.39 is 0 Å². The van der Waals surface area contributed by atoms with Crippen molar-refractivity contribution >= 4 is 11.8 Å². The van der Waals surface area contributed by atoms with Crippen molar-refractivity contribution in [1.82, 2.24) is 14.7 Å². The quantitative estimate of drug-likeness (QED) is 0.577. The van der Waals surface area contributed by atoms with Gasteiger partial charge in [-0.3, -0.25) is 0 Å². The maximum absolute atomic E-state index is 2.50. The maximum Gasteiger partial charge on any atom is 0.00763 e. The first kappa shape index (κ1) is 19.2. The fraction of sp³-hybridized carbons (Fsp3) is 1.00. The Bertz CT molecular complexity index is 212. The molecule has 0 saturated heterocycles. The molecule has 0 radical (unpaired) electrons. The zero-order valence-corrected chi connectivity index (χ0v) is 15.0. The van der Waals surface area contributed by atoms with Gasteiger partial charge in [0.05, 0.1) is 0 Å². The molecular formula is C15H35N3S. The van der Waals surface area contributed by atoms with Gasteiger partial charge in [-0.1, -0.05) is 0 Å². The molecule has 0 spiro atoms. The Morgan fingerprint density at radius 2 is 1.26 bits per heavy atom. The van der Waals surface area contributed by atoms with Crippen LogP contribution < -0.4 is 0 Å². The van der Waals surface area contributed by atoms with Gasteiger partial charge in [-0.2, -0.15) is 11.8 Å². The van der Waals surface area contributed by atoms with Crippen LogP contribution in [0.15, 0.2) is 0 Å². The van der Waals surface area contributed by atoms with Crippen LogP contribution in [0.2, 0.25) is 0 Å². The first-order valence-electron chi connectivity index (χ1n) is 7.42. The molecule has 0 aromatic carbocycles. The van der Waals surface area contributed by atoms with Crippen LogP contribution in [0.25, 0.3) is 0 Å². The lowest BCUT2D eigenvalue weighted by Crippen LogP contribution is -2.37. The highest BCUT2D eigenvalue weighted by Crippen LogP contribution is 2.07. The van der Waals surface area contributed by atoms with Crippen molar-refractivity contribution in [2.75, 3.05) is 59.8 Å². The highest BCUT2D eigenvalue weighted by molar-refractivity contribution is 7.98. The molecule has 0 bridgehead atoms. The summed E-state index contributed by atoms with van der Waals surface area (Å²) in [6.07, 6.45) is 4.69. The van der Waals surface area contributed by atoms with E-state index in [-0.39, 0.29) is 0 Å². The summed E-state index contributed by atoms with van der Waals surface area (Å²) >= 11 is 1.93. The van der Waals surface area contributed by atoms with Crippen LogP contribution in [0.1, 0.15) is 26.7 Å². The van der Waals surface area contributed by atoms with Gasteiger partial charge in [0.1, 0.15) is 0 Å². The Labute approximate surface area is 125 Å². The molecule has 4 heteroatoms. The minimum Gasteiger partial charge on any atom is -0.309 e. The van der Waals surface area contributed by atoms with Gasteiger partial charge in [0.2, 0.25) is 0 Å². The van der Waals surface area contributed by atoms with Crippen LogP contribution in [0.5, 0.6) is 0 Å². The first-order chi connectivity index (χ1) is 8.88. The molecular weight excluding hydrogens is 254 g/mol. The van der Waals surface area contributed by atoms with Gasteiger partial charge in [-0.05, 0) is 74.2 Å². The van der Waals surface area contributed by atoms with Gasteiger partial charge in [-0.15, -0.1) is 0 Å². The van der Waals surface area contributed by atoms with E-state index in [1.54, 1.807) is 0 Å². The van der Waals surface area contributed by atoms with E-state index in [1.165, 1.54) is 38.2 Å². The molecule has 0 aliphatic carbocycles. The standard InChI is InChI=1S/C15H35N3S/c1-14(8-10-16(3)4)17(5)11-9-15(2)18(6)12-13-19-7/h14-15H,8-13H2,1-7H3. The van der Waals surface area contributed by atoms with Crippen LogP contribution in [0.3, 0.4) is 0 Å². The molecule has 0 N–H and O–H groups in total. The molecule has 0 aromatic rings. The van der Waals surface area contributed by atoms with Crippen molar-refractivity contribution in [3.8, 4) is 0 Å². The second-order valence-electron chi connectivity index (χ2n) is 6.03. The topological polar surface area (TPSA) is 9.72 Å². The van der Waals surface area contributed by atoms with E-state index in [0.717, 1.165) is 0 Å². The Morgan fingerprint density at radius 3 is 1.74 bits per heavy atom. The summed E-state index contributed by atoms with van der Waals surface area (Å²) in [5, 5.41) is 0. The first-order valence-corrected chi connectivity index (χ1v) is 8.82. The van der Waals surface area contributed by atoms with Gasteiger partial charge >= 0.3 is 0 Å². The Morgan fingerprint density at radius 1 is 0.789 bits per heavy atom. The normalized spacial score (nSPS) is 15.5. The number of thioether (sulfide) groups is 1. The van der Waals surface area contributed by atoms with Crippen LogP contribution in [0, 0.1) is 0 Å². The van der Waals surface area contributed by atoms with E-state index in [2.05, 4.69) is 63.0 Å². The molecule has 0 aromatic heterocycles. The number of nitrogens with zero attached hydrogens (tertiary/aromatic N) is 3. The monoisotopic (exact) mass is 289 g/mol. The second-order valence-corrected chi connectivity index (χ2v) is 7.02. The summed E-state index contributed by atoms with van der Waals surface area (Å²) in [6.45, 7) is 8.25. The van der Waals surface area contributed by atoms with E-state index in [9.17, 15) is 0 Å². The van der Waals surface area contributed by atoms with Gasteiger partial charge in [0.15, 0.2) is 0 Å². The Balaban J connectivity index is 3.83. The van der Waals surface area contributed by atoms with Gasteiger partial charge in [-0.25, -0.2) is 0 Å². The van der Waals surface area contributed by atoms with Gasteiger partial charge in [0, 0.05) is 24.4 Å². The van der Waals surface area contributed by atoms with Crippen LogP contribution >= 0.6 is 11.8 Å². The molecule has 0 aliphatic heterocycles. The SMILES string of the molecule is CSCCN(C)C(C)CCN(C)C(C)CCN(C)C. The largest absolute Gasteiger partial charge is 0.309 e. The minimum absolute atomic E-state index is 0.672. The third-order valence-corrected chi connectivity index (χ3v) is 4.64. The lowest BCUT2D eigenvalue weighted by atomic mass is 10.1. The summed E-state index contributed by atoms with van der Waals surface area (Å²) in [6, 6.07) is 1.35. The smallest absolute Gasteiger partial charge is 0.00763 e.